The molecule has 0 fully saturated rings. The van der Waals surface area contributed by atoms with E-state index in [1.54, 1.807) is 24.3 Å². The van der Waals surface area contributed by atoms with Crippen molar-refractivity contribution in [1.82, 2.24) is 0 Å². The van der Waals surface area contributed by atoms with Gasteiger partial charge in [0, 0.05) is 17.2 Å². The Hall–Kier alpha value is -2.43. The van der Waals surface area contributed by atoms with Gasteiger partial charge in [-0.25, -0.2) is 8.78 Å². The molecule has 0 aliphatic carbocycles. The number of benzene rings is 2. The molecule has 98 valence electrons. The van der Waals surface area contributed by atoms with Crippen molar-refractivity contribution >= 4 is 5.84 Å². The summed E-state index contributed by atoms with van der Waals surface area (Å²) < 4.78 is 31.5. The van der Waals surface area contributed by atoms with Crippen molar-refractivity contribution < 1.29 is 13.5 Å². The van der Waals surface area contributed by atoms with Crippen LogP contribution in [-0.2, 0) is 6.61 Å². The van der Waals surface area contributed by atoms with Gasteiger partial charge in [-0.2, -0.15) is 0 Å². The smallest absolute Gasteiger partial charge is 0.132 e. The van der Waals surface area contributed by atoms with Gasteiger partial charge < -0.3 is 10.5 Å². The number of rotatable bonds is 4. The summed E-state index contributed by atoms with van der Waals surface area (Å²) in [4.78, 5) is 0. The van der Waals surface area contributed by atoms with E-state index in [2.05, 4.69) is 0 Å². The van der Waals surface area contributed by atoms with Crippen molar-refractivity contribution in [3.63, 3.8) is 0 Å². The van der Waals surface area contributed by atoms with E-state index >= 15 is 0 Å². The molecule has 3 nitrogen and oxygen atoms in total. The minimum Gasteiger partial charge on any atom is -0.489 e. The van der Waals surface area contributed by atoms with Crippen LogP contribution in [0.3, 0.4) is 0 Å². The lowest BCUT2D eigenvalue weighted by Crippen LogP contribution is -2.10. The van der Waals surface area contributed by atoms with Gasteiger partial charge in [-0.15, -0.1) is 0 Å². The number of nitrogens with one attached hydrogen (secondary N) is 1. The van der Waals surface area contributed by atoms with Gasteiger partial charge in [-0.3, -0.25) is 5.41 Å². The Bertz CT molecular complexity index is 614. The predicted molar refractivity (Wildman–Crippen MR) is 68.1 cm³/mol. The number of nitrogens with two attached hydrogens (primary N) is 1. The maximum Gasteiger partial charge on any atom is 0.132 e. The SMILES string of the molecule is N=C(N)c1cccc(OCc2ccc(F)cc2F)c1. The molecule has 0 aliphatic heterocycles. The minimum absolute atomic E-state index is 0.0204. The minimum atomic E-state index is -0.650. The third-order valence-corrected chi connectivity index (χ3v) is 2.55. The van der Waals surface area contributed by atoms with Crippen molar-refractivity contribution in [3.05, 3.63) is 65.2 Å². The molecule has 0 aliphatic rings. The maximum absolute atomic E-state index is 13.4. The Morgan fingerprint density at radius 1 is 1.16 bits per heavy atom. The van der Waals surface area contributed by atoms with Gasteiger partial charge in [0.1, 0.15) is 29.8 Å². The summed E-state index contributed by atoms with van der Waals surface area (Å²) >= 11 is 0. The lowest BCUT2D eigenvalue weighted by Gasteiger charge is -2.08. The normalized spacial score (nSPS) is 10.2. The number of amidine groups is 1. The summed E-state index contributed by atoms with van der Waals surface area (Å²) in [5, 5.41) is 7.31. The van der Waals surface area contributed by atoms with E-state index in [1.807, 2.05) is 0 Å². The molecule has 5 heteroatoms. The van der Waals surface area contributed by atoms with Crippen molar-refractivity contribution in [3.8, 4) is 5.75 Å². The van der Waals surface area contributed by atoms with Crippen molar-refractivity contribution in [2.24, 2.45) is 5.73 Å². The molecule has 0 spiro atoms. The standard InChI is InChI=1S/C14H12F2N2O/c15-11-5-4-10(13(16)7-11)8-19-12-3-1-2-9(6-12)14(17)18/h1-7H,8H2,(H3,17,18). The Labute approximate surface area is 109 Å². The molecule has 0 saturated heterocycles. The highest BCUT2D eigenvalue weighted by molar-refractivity contribution is 5.95. The molecule has 0 amide bonds. The second kappa shape index (κ2) is 5.48. The number of halogens is 2. The van der Waals surface area contributed by atoms with Gasteiger partial charge in [0.2, 0.25) is 0 Å². The number of hydrogen-bond donors (Lipinski definition) is 2. The average molecular weight is 262 g/mol. The van der Waals surface area contributed by atoms with Crippen LogP contribution in [-0.4, -0.2) is 5.84 Å². The van der Waals surface area contributed by atoms with E-state index in [4.69, 9.17) is 15.9 Å². The van der Waals surface area contributed by atoms with E-state index in [0.717, 1.165) is 6.07 Å². The molecule has 0 aromatic heterocycles. The van der Waals surface area contributed by atoms with E-state index in [-0.39, 0.29) is 18.0 Å². The van der Waals surface area contributed by atoms with Gasteiger partial charge in [0.25, 0.3) is 0 Å². The second-order valence-electron chi connectivity index (χ2n) is 3.97. The van der Waals surface area contributed by atoms with Crippen LogP contribution in [0, 0.1) is 17.0 Å². The van der Waals surface area contributed by atoms with Crippen LogP contribution in [0.15, 0.2) is 42.5 Å². The maximum atomic E-state index is 13.4. The van der Waals surface area contributed by atoms with Gasteiger partial charge in [-0.1, -0.05) is 12.1 Å². The summed E-state index contributed by atoms with van der Waals surface area (Å²) in [6.45, 7) is -0.0204. The predicted octanol–water partition coefficient (Wildman–Crippen LogP) is 2.83. The molecule has 0 bridgehead atoms. The van der Waals surface area contributed by atoms with Crippen molar-refractivity contribution in [2.75, 3.05) is 0 Å². The van der Waals surface area contributed by atoms with Crippen LogP contribution in [0.25, 0.3) is 0 Å². The molecule has 19 heavy (non-hydrogen) atoms. The average Bonchev–Trinajstić information content (AvgIpc) is 2.38. The van der Waals surface area contributed by atoms with Crippen LogP contribution >= 0.6 is 0 Å². The molecular weight excluding hydrogens is 250 g/mol. The molecule has 2 aromatic carbocycles. The molecule has 2 rings (SSSR count). The van der Waals surface area contributed by atoms with Gasteiger partial charge in [0.15, 0.2) is 0 Å². The topological polar surface area (TPSA) is 59.1 Å². The van der Waals surface area contributed by atoms with Crippen LogP contribution in [0.5, 0.6) is 5.75 Å². The lowest BCUT2D eigenvalue weighted by molar-refractivity contribution is 0.299. The first-order chi connectivity index (χ1) is 9.06. The highest BCUT2D eigenvalue weighted by Gasteiger charge is 2.05. The second-order valence-corrected chi connectivity index (χ2v) is 3.97. The highest BCUT2D eigenvalue weighted by atomic mass is 19.1. The first kappa shape index (κ1) is 13.0. The van der Waals surface area contributed by atoms with E-state index < -0.39 is 11.6 Å². The first-order valence-electron chi connectivity index (χ1n) is 5.57. The number of nitrogen functional groups attached to an aromatic ring is 1. The third kappa shape index (κ3) is 3.28. The summed E-state index contributed by atoms with van der Waals surface area (Å²) in [5.74, 6) is -0.877. The summed E-state index contributed by atoms with van der Waals surface area (Å²) in [6.07, 6.45) is 0. The quantitative estimate of drug-likeness (QED) is 0.657. The number of hydrogen-bond acceptors (Lipinski definition) is 2. The highest BCUT2D eigenvalue weighted by Crippen LogP contribution is 2.16. The van der Waals surface area contributed by atoms with E-state index in [9.17, 15) is 8.78 Å². The monoisotopic (exact) mass is 262 g/mol. The zero-order valence-corrected chi connectivity index (χ0v) is 9.99. The van der Waals surface area contributed by atoms with Crippen molar-refractivity contribution in [2.45, 2.75) is 6.61 Å². The zero-order chi connectivity index (χ0) is 13.8. The molecule has 3 N–H and O–H groups in total. The molecule has 0 atom stereocenters. The van der Waals surface area contributed by atoms with Crippen LogP contribution < -0.4 is 10.5 Å². The first-order valence-corrected chi connectivity index (χ1v) is 5.57. The van der Waals surface area contributed by atoms with Crippen molar-refractivity contribution in [1.29, 1.82) is 5.41 Å². The summed E-state index contributed by atoms with van der Waals surface area (Å²) in [6, 6.07) is 9.94. The van der Waals surface area contributed by atoms with Crippen LogP contribution in [0.2, 0.25) is 0 Å². The fourth-order valence-electron chi connectivity index (χ4n) is 1.55. The molecular formula is C14H12F2N2O. The van der Waals surface area contributed by atoms with E-state index in [1.165, 1.54) is 12.1 Å². The van der Waals surface area contributed by atoms with Crippen LogP contribution in [0.4, 0.5) is 8.78 Å². The molecule has 0 unspecified atom stereocenters. The Kier molecular flexibility index (Phi) is 3.75. The summed E-state index contributed by atoms with van der Waals surface area (Å²) in [5.41, 5.74) is 6.14. The van der Waals surface area contributed by atoms with Gasteiger partial charge >= 0.3 is 0 Å². The van der Waals surface area contributed by atoms with Gasteiger partial charge in [0.05, 0.1) is 0 Å². The Morgan fingerprint density at radius 2 is 1.95 bits per heavy atom. The zero-order valence-electron chi connectivity index (χ0n) is 9.99. The van der Waals surface area contributed by atoms with Gasteiger partial charge in [-0.05, 0) is 24.3 Å². The number of ether oxygens (including phenoxy) is 1. The molecule has 0 saturated carbocycles. The molecule has 0 radical (unpaired) electrons. The summed E-state index contributed by atoms with van der Waals surface area (Å²) in [7, 11) is 0. The Balaban J connectivity index is 2.10. The third-order valence-electron chi connectivity index (χ3n) is 2.55. The molecule has 0 heterocycles. The molecule has 2 aromatic rings. The Morgan fingerprint density at radius 3 is 2.63 bits per heavy atom. The lowest BCUT2D eigenvalue weighted by atomic mass is 10.2. The fraction of sp³-hybridized carbons (Fsp3) is 0.0714. The van der Waals surface area contributed by atoms with E-state index in [0.29, 0.717) is 11.3 Å². The largest absolute Gasteiger partial charge is 0.489 e. The fourth-order valence-corrected chi connectivity index (χ4v) is 1.55. The van der Waals surface area contributed by atoms with Crippen LogP contribution in [0.1, 0.15) is 11.1 Å².